The van der Waals surface area contributed by atoms with E-state index in [1.54, 1.807) is 17.5 Å². The van der Waals surface area contributed by atoms with Gasteiger partial charge in [-0.15, -0.1) is 11.3 Å². The molecule has 1 atom stereocenters. The van der Waals surface area contributed by atoms with Crippen molar-refractivity contribution in [3.05, 3.63) is 51.2 Å². The van der Waals surface area contributed by atoms with E-state index in [1.165, 1.54) is 22.3 Å². The van der Waals surface area contributed by atoms with Gasteiger partial charge in [0.05, 0.1) is 15.5 Å². The number of nitrogens with zero attached hydrogens (tertiary/aromatic N) is 1. The van der Waals surface area contributed by atoms with Gasteiger partial charge in [0.25, 0.3) is 5.91 Å². The third-order valence-corrected chi connectivity index (χ3v) is 5.53. The highest BCUT2D eigenvalue weighted by Gasteiger charge is 2.35. The monoisotopic (exact) mass is 416 g/mol. The molecular formula is C18H16ClF3N2O2S. The molecule has 1 aliphatic rings. The smallest absolute Gasteiger partial charge is 0.326 e. The number of halogens is 4. The molecule has 0 radical (unpaired) electrons. The Hall–Kier alpha value is -2.06. The number of benzene rings is 1. The van der Waals surface area contributed by atoms with Crippen LogP contribution in [0.25, 0.3) is 0 Å². The lowest BCUT2D eigenvalue weighted by Crippen LogP contribution is -2.49. The average Bonchev–Trinajstić information content (AvgIpc) is 3.16. The molecule has 1 fully saturated rings. The molecule has 2 heterocycles. The van der Waals surface area contributed by atoms with Crippen LogP contribution < -0.4 is 5.32 Å². The molecule has 1 saturated heterocycles. The Kier molecular flexibility index (Phi) is 5.76. The van der Waals surface area contributed by atoms with Crippen molar-refractivity contribution in [2.75, 3.05) is 11.9 Å². The third-order valence-electron chi connectivity index (χ3n) is 4.34. The number of carbonyl (C=O) groups excluding carboxylic acids is 2. The zero-order chi connectivity index (χ0) is 19.6. The van der Waals surface area contributed by atoms with Crippen LogP contribution in [0.15, 0.2) is 35.7 Å². The zero-order valence-corrected chi connectivity index (χ0v) is 15.6. The van der Waals surface area contributed by atoms with Crippen LogP contribution in [0.5, 0.6) is 0 Å². The number of hydrogen-bond donors (Lipinski definition) is 1. The van der Waals surface area contributed by atoms with Crippen LogP contribution in [0, 0.1) is 0 Å². The summed E-state index contributed by atoms with van der Waals surface area (Å²) in [5.41, 5.74) is -1.03. The average molecular weight is 417 g/mol. The lowest BCUT2D eigenvalue weighted by Gasteiger charge is -2.34. The van der Waals surface area contributed by atoms with Gasteiger partial charge in [0, 0.05) is 12.2 Å². The maximum absolute atomic E-state index is 13.0. The van der Waals surface area contributed by atoms with Crippen molar-refractivity contribution in [3.63, 3.8) is 0 Å². The summed E-state index contributed by atoms with van der Waals surface area (Å²) in [4.78, 5) is 27.4. The van der Waals surface area contributed by atoms with Crippen molar-refractivity contribution in [2.24, 2.45) is 0 Å². The Balaban J connectivity index is 1.79. The Morgan fingerprint density at radius 3 is 2.67 bits per heavy atom. The molecule has 4 nitrogen and oxygen atoms in total. The molecule has 1 aromatic carbocycles. The van der Waals surface area contributed by atoms with E-state index in [0.29, 0.717) is 17.8 Å². The lowest BCUT2D eigenvalue weighted by atomic mass is 10.0. The van der Waals surface area contributed by atoms with Gasteiger partial charge in [-0.1, -0.05) is 17.7 Å². The lowest BCUT2D eigenvalue weighted by molar-refractivity contribution is -0.137. The SMILES string of the molecule is O=C(Nc1ccc(Cl)c(C(F)(F)F)c1)C1CCCCN1C(=O)c1cccs1. The molecule has 0 spiro atoms. The topological polar surface area (TPSA) is 49.4 Å². The quantitative estimate of drug-likeness (QED) is 0.760. The van der Waals surface area contributed by atoms with Gasteiger partial charge in [-0.3, -0.25) is 9.59 Å². The Labute approximate surface area is 162 Å². The Morgan fingerprint density at radius 1 is 1.22 bits per heavy atom. The van der Waals surface area contributed by atoms with Gasteiger partial charge in [0.1, 0.15) is 6.04 Å². The fourth-order valence-electron chi connectivity index (χ4n) is 3.03. The van der Waals surface area contributed by atoms with Gasteiger partial charge < -0.3 is 10.2 Å². The normalized spacial score (nSPS) is 17.6. The van der Waals surface area contributed by atoms with E-state index in [9.17, 15) is 22.8 Å². The molecule has 27 heavy (non-hydrogen) atoms. The van der Waals surface area contributed by atoms with E-state index < -0.39 is 28.7 Å². The first kappa shape index (κ1) is 19.7. The van der Waals surface area contributed by atoms with E-state index in [0.717, 1.165) is 25.0 Å². The zero-order valence-electron chi connectivity index (χ0n) is 14.1. The van der Waals surface area contributed by atoms with Crippen molar-refractivity contribution in [1.82, 2.24) is 4.90 Å². The molecule has 2 amide bonds. The second-order valence-electron chi connectivity index (χ2n) is 6.17. The highest BCUT2D eigenvalue weighted by molar-refractivity contribution is 7.12. The number of carbonyl (C=O) groups is 2. The number of piperidine rings is 1. The highest BCUT2D eigenvalue weighted by Crippen LogP contribution is 2.36. The standard InChI is InChI=1S/C18H16ClF3N2O2S/c19-13-7-6-11(10-12(13)18(20,21)22)23-16(25)14-4-1-2-8-24(14)17(26)15-5-3-9-27-15/h3,5-7,9-10,14H,1-2,4,8H2,(H,23,25). The van der Waals surface area contributed by atoms with E-state index in [2.05, 4.69) is 5.32 Å². The minimum atomic E-state index is -4.62. The number of nitrogens with one attached hydrogen (secondary N) is 1. The van der Waals surface area contributed by atoms with Gasteiger partial charge in [-0.25, -0.2) is 0 Å². The number of anilines is 1. The van der Waals surface area contributed by atoms with Gasteiger partial charge in [0.2, 0.25) is 5.91 Å². The molecule has 1 unspecified atom stereocenters. The van der Waals surface area contributed by atoms with Gasteiger partial charge in [-0.05, 0) is 48.9 Å². The van der Waals surface area contributed by atoms with Crippen LogP contribution in [-0.2, 0) is 11.0 Å². The highest BCUT2D eigenvalue weighted by atomic mass is 35.5. The van der Waals surface area contributed by atoms with Crippen molar-refractivity contribution in [3.8, 4) is 0 Å². The summed E-state index contributed by atoms with van der Waals surface area (Å²) in [5.74, 6) is -0.744. The van der Waals surface area contributed by atoms with Crippen LogP contribution >= 0.6 is 22.9 Å². The first-order valence-electron chi connectivity index (χ1n) is 8.29. The van der Waals surface area contributed by atoms with E-state index in [-0.39, 0.29) is 11.6 Å². The van der Waals surface area contributed by atoms with E-state index in [1.807, 2.05) is 0 Å². The van der Waals surface area contributed by atoms with Gasteiger partial charge in [-0.2, -0.15) is 13.2 Å². The molecule has 0 bridgehead atoms. The molecule has 0 saturated carbocycles. The summed E-state index contributed by atoms with van der Waals surface area (Å²) in [6, 6.07) is 5.92. The van der Waals surface area contributed by atoms with Crippen LogP contribution in [0.4, 0.5) is 18.9 Å². The summed E-state index contributed by atoms with van der Waals surface area (Å²) in [6.45, 7) is 0.434. The molecule has 1 aromatic heterocycles. The van der Waals surface area contributed by atoms with Crippen LogP contribution in [0.3, 0.4) is 0 Å². The fraction of sp³-hybridized carbons (Fsp3) is 0.333. The maximum atomic E-state index is 13.0. The first-order chi connectivity index (χ1) is 12.8. The second-order valence-corrected chi connectivity index (χ2v) is 7.52. The number of rotatable bonds is 3. The number of alkyl halides is 3. The van der Waals surface area contributed by atoms with E-state index in [4.69, 9.17) is 11.6 Å². The van der Waals surface area contributed by atoms with Crippen LogP contribution in [-0.4, -0.2) is 29.3 Å². The predicted molar refractivity (Wildman–Crippen MR) is 98.1 cm³/mol. The minimum Gasteiger partial charge on any atom is -0.326 e. The molecule has 0 aliphatic carbocycles. The van der Waals surface area contributed by atoms with Crippen LogP contribution in [0.1, 0.15) is 34.5 Å². The molecule has 2 aromatic rings. The Bertz CT molecular complexity index is 840. The summed E-state index contributed by atoms with van der Waals surface area (Å²) in [7, 11) is 0. The van der Waals surface area contributed by atoms with E-state index >= 15 is 0 Å². The Morgan fingerprint density at radius 2 is 2.00 bits per heavy atom. The third kappa shape index (κ3) is 4.44. The van der Waals surface area contributed by atoms with Crippen molar-refractivity contribution < 1.29 is 22.8 Å². The first-order valence-corrected chi connectivity index (χ1v) is 9.55. The fourth-order valence-corrected chi connectivity index (χ4v) is 3.94. The molecule has 144 valence electrons. The summed E-state index contributed by atoms with van der Waals surface area (Å²) in [5, 5.41) is 3.83. The summed E-state index contributed by atoms with van der Waals surface area (Å²) < 4.78 is 39.0. The summed E-state index contributed by atoms with van der Waals surface area (Å²) >= 11 is 6.89. The van der Waals surface area contributed by atoms with Crippen molar-refractivity contribution in [1.29, 1.82) is 0 Å². The predicted octanol–water partition coefficient (Wildman–Crippen LogP) is 5.05. The van der Waals surface area contributed by atoms with Gasteiger partial charge >= 0.3 is 6.18 Å². The van der Waals surface area contributed by atoms with Gasteiger partial charge in [0.15, 0.2) is 0 Å². The number of thiophene rings is 1. The number of likely N-dealkylation sites (tertiary alicyclic amines) is 1. The summed E-state index contributed by atoms with van der Waals surface area (Å²) in [6.07, 6.45) is -2.62. The number of hydrogen-bond acceptors (Lipinski definition) is 3. The largest absolute Gasteiger partial charge is 0.417 e. The molecule has 1 N–H and O–H groups in total. The second kappa shape index (κ2) is 7.90. The van der Waals surface area contributed by atoms with Crippen LogP contribution in [0.2, 0.25) is 5.02 Å². The minimum absolute atomic E-state index is 0.00850. The van der Waals surface area contributed by atoms with Crippen molar-refractivity contribution in [2.45, 2.75) is 31.5 Å². The number of amides is 2. The molecule has 1 aliphatic heterocycles. The maximum Gasteiger partial charge on any atom is 0.417 e. The molecule has 3 rings (SSSR count). The molecule has 9 heteroatoms. The molecular weight excluding hydrogens is 401 g/mol. The van der Waals surface area contributed by atoms with Crippen molar-refractivity contribution >= 4 is 40.4 Å².